The van der Waals surface area contributed by atoms with E-state index in [1.54, 1.807) is 0 Å². The average molecular weight is 768 g/mol. The van der Waals surface area contributed by atoms with Gasteiger partial charge in [-0.15, -0.1) is 0 Å². The van der Waals surface area contributed by atoms with Gasteiger partial charge in [-0.25, -0.2) is 0 Å². The molecule has 2 aliphatic heterocycles. The Morgan fingerprint density at radius 1 is 0.373 bits per heavy atom. The van der Waals surface area contributed by atoms with Gasteiger partial charge in [0.25, 0.3) is 0 Å². The molecule has 5 heterocycles. The minimum absolute atomic E-state index is 0. The van der Waals surface area contributed by atoms with Crippen LogP contribution in [0.2, 0.25) is 0 Å². The van der Waals surface area contributed by atoms with Crippen molar-refractivity contribution in [1.82, 2.24) is 19.9 Å². The number of benzene rings is 4. The Morgan fingerprint density at radius 3 is 1.10 bits per heavy atom. The van der Waals surface area contributed by atoms with Crippen LogP contribution in [-0.4, -0.2) is 53.4 Å². The molecule has 245 valence electrons. The van der Waals surface area contributed by atoms with Crippen molar-refractivity contribution >= 4 is 72.5 Å². The number of nitrogens with one attached hydrogen (secondary N) is 2. The second-order valence-corrected chi connectivity index (χ2v) is 13.7. The van der Waals surface area contributed by atoms with E-state index in [-0.39, 0.29) is 11.0 Å². The summed E-state index contributed by atoms with van der Waals surface area (Å²) in [6, 6.07) is 48.9. The maximum atomic E-state index is 5.40. The predicted molar refractivity (Wildman–Crippen MR) is 213 cm³/mol. The number of rotatable bonds is 4. The first kappa shape index (κ1) is 33.7. The van der Waals surface area contributed by atoms with E-state index in [9.17, 15) is 0 Å². The molecule has 0 saturated carbocycles. The van der Waals surface area contributed by atoms with Crippen LogP contribution in [0.25, 0.3) is 90.9 Å². The molecule has 0 unspecified atom stereocenters. The summed E-state index contributed by atoms with van der Waals surface area (Å²) in [4.78, 5) is 18.5. The number of H-pyrrole nitrogens is 2. The molecule has 0 saturated heterocycles. The van der Waals surface area contributed by atoms with Crippen LogP contribution in [-0.2, 0) is 0 Å². The SMILES string of the molecule is O.O.[Sn][c]1cc2[nH]c1c(-c1ccccc1)c1nc(c(-c3ccccc3)c3ccc([nH]3)c(-c3ccccc3)c3nc(c2-c2ccccc2)C=C3)C=C1. The van der Waals surface area contributed by atoms with Crippen LogP contribution in [0.5, 0.6) is 0 Å². The third-order valence-electron chi connectivity index (χ3n) is 9.12. The topological polar surface area (TPSA) is 120 Å². The molecule has 51 heavy (non-hydrogen) atoms. The van der Waals surface area contributed by atoms with E-state index in [1.807, 2.05) is 0 Å². The molecule has 0 fully saturated rings. The molecule has 7 heteroatoms. The zero-order valence-corrected chi connectivity index (χ0v) is 30.3. The second kappa shape index (κ2) is 14.2. The van der Waals surface area contributed by atoms with Crippen molar-refractivity contribution in [2.45, 2.75) is 0 Å². The zero-order chi connectivity index (χ0) is 32.7. The van der Waals surface area contributed by atoms with Crippen molar-refractivity contribution in [3.8, 4) is 44.5 Å². The third-order valence-corrected chi connectivity index (χ3v) is 10.2. The van der Waals surface area contributed by atoms with Gasteiger partial charge in [0.1, 0.15) is 0 Å². The first-order chi connectivity index (χ1) is 24.2. The van der Waals surface area contributed by atoms with Crippen LogP contribution in [0.15, 0.2) is 140 Å². The summed E-state index contributed by atoms with van der Waals surface area (Å²) in [7, 11) is 0. The van der Waals surface area contributed by atoms with E-state index >= 15 is 0 Å². The Labute approximate surface area is 308 Å². The number of nitrogens with zero attached hydrogens (tertiary/aromatic N) is 2. The molecule has 6 nitrogen and oxygen atoms in total. The maximum absolute atomic E-state index is 5.40. The van der Waals surface area contributed by atoms with E-state index in [0.29, 0.717) is 0 Å². The van der Waals surface area contributed by atoms with Gasteiger partial charge < -0.3 is 11.0 Å². The van der Waals surface area contributed by atoms with Crippen LogP contribution in [0.4, 0.5) is 0 Å². The van der Waals surface area contributed by atoms with Gasteiger partial charge in [0.05, 0.1) is 0 Å². The van der Waals surface area contributed by atoms with Gasteiger partial charge in [-0.2, -0.15) is 0 Å². The zero-order valence-electron chi connectivity index (χ0n) is 27.5. The molecule has 8 bridgehead atoms. The monoisotopic (exact) mass is 769 g/mol. The molecular weight excluding hydrogens is 735 g/mol. The summed E-state index contributed by atoms with van der Waals surface area (Å²) in [6.07, 6.45) is 8.61. The van der Waals surface area contributed by atoms with Gasteiger partial charge in [0.15, 0.2) is 0 Å². The van der Waals surface area contributed by atoms with Crippen LogP contribution < -0.4 is 3.58 Å². The number of hydrogen-bond donors (Lipinski definition) is 2. The molecule has 7 aromatic rings. The summed E-state index contributed by atoms with van der Waals surface area (Å²) in [5.74, 6) is 0. The van der Waals surface area contributed by atoms with Gasteiger partial charge in [0, 0.05) is 0 Å². The molecule has 3 radical (unpaired) electrons. The molecule has 2 aliphatic rings. The fraction of sp³-hybridized carbons (Fsp3) is 0. The van der Waals surface area contributed by atoms with Crippen molar-refractivity contribution in [2.24, 2.45) is 0 Å². The standard InChI is InChI=1S/C44H29N4.2H2O.Sn/c1-5-13-29(14-6-1)41-33-21-23-35(45-33)42(30-15-7-2-8-16-30)37-25-27-39(47-37)44(32-19-11-4-12-20-32)40-28-26-38(48-40)43(31-17-9-3-10-18-31)36-24-22-34(41)46-36;;;/h1-27,45,48H;2*1H2;. The Bertz CT molecular complexity index is 2590. The molecular formula is C44H33N4O2Sn. The molecule has 9 rings (SSSR count). The van der Waals surface area contributed by atoms with Crippen molar-refractivity contribution < 1.29 is 11.0 Å². The van der Waals surface area contributed by atoms with Crippen LogP contribution >= 0.6 is 0 Å². The number of fused-ring (bicyclic) bond motifs is 8. The van der Waals surface area contributed by atoms with E-state index in [4.69, 9.17) is 9.97 Å². The third kappa shape index (κ3) is 6.14. The molecule has 0 amide bonds. The van der Waals surface area contributed by atoms with E-state index in [0.717, 1.165) is 89.4 Å². The summed E-state index contributed by atoms with van der Waals surface area (Å²) >= 11 is 1.32. The first-order valence-electron chi connectivity index (χ1n) is 16.3. The quantitative estimate of drug-likeness (QED) is 0.175. The Kier molecular flexibility index (Phi) is 9.38. The van der Waals surface area contributed by atoms with Crippen LogP contribution in [0.3, 0.4) is 0 Å². The van der Waals surface area contributed by atoms with Gasteiger partial charge in [0.2, 0.25) is 0 Å². The number of aromatic nitrogens is 4. The van der Waals surface area contributed by atoms with Crippen LogP contribution in [0, 0.1) is 0 Å². The Balaban J connectivity index is 0.00000203. The van der Waals surface area contributed by atoms with E-state index in [2.05, 4.69) is 174 Å². The first-order valence-corrected chi connectivity index (χ1v) is 17.8. The summed E-state index contributed by atoms with van der Waals surface area (Å²) in [5, 5.41) is 0. The summed E-state index contributed by atoms with van der Waals surface area (Å²) < 4.78 is 1.23. The van der Waals surface area contributed by atoms with Crippen molar-refractivity contribution in [2.75, 3.05) is 0 Å². The fourth-order valence-corrected chi connectivity index (χ4v) is 7.87. The van der Waals surface area contributed by atoms with Gasteiger partial charge in [-0.3, -0.25) is 0 Å². The molecule has 0 aliphatic carbocycles. The number of aromatic amines is 2. The normalized spacial score (nSPS) is 11.5. The van der Waals surface area contributed by atoms with E-state index in [1.165, 1.54) is 26.1 Å². The molecule has 3 aromatic heterocycles. The van der Waals surface area contributed by atoms with Crippen LogP contribution in [0.1, 0.15) is 22.8 Å². The minimum atomic E-state index is 0. The number of hydrogen-bond acceptors (Lipinski definition) is 2. The fourth-order valence-electron chi connectivity index (χ4n) is 6.92. The average Bonchev–Trinajstić information content (AvgIpc) is 3.98. The Hall–Kier alpha value is -5.80. The van der Waals surface area contributed by atoms with Crippen molar-refractivity contribution in [1.29, 1.82) is 0 Å². The van der Waals surface area contributed by atoms with Crippen molar-refractivity contribution in [3.63, 3.8) is 0 Å². The summed E-state index contributed by atoms with van der Waals surface area (Å²) in [6.45, 7) is 0. The molecule has 4 aromatic carbocycles. The van der Waals surface area contributed by atoms with Gasteiger partial charge in [-0.05, 0) is 0 Å². The predicted octanol–water partition coefficient (Wildman–Crippen LogP) is 8.47. The molecule has 6 N–H and O–H groups in total. The molecule has 0 atom stereocenters. The van der Waals surface area contributed by atoms with Crippen molar-refractivity contribution in [3.05, 3.63) is 162 Å². The Morgan fingerprint density at radius 2 is 0.706 bits per heavy atom. The van der Waals surface area contributed by atoms with Gasteiger partial charge in [-0.1, -0.05) is 0 Å². The second-order valence-electron chi connectivity index (χ2n) is 12.2. The molecule has 0 spiro atoms. The van der Waals surface area contributed by atoms with E-state index < -0.39 is 0 Å². The summed E-state index contributed by atoms with van der Waals surface area (Å²) in [5.41, 5.74) is 16.5. The van der Waals surface area contributed by atoms with Gasteiger partial charge >= 0.3 is 299 Å².